The fourth-order valence-electron chi connectivity index (χ4n) is 0.522. The summed E-state index contributed by atoms with van der Waals surface area (Å²) in [6.07, 6.45) is 0. The summed E-state index contributed by atoms with van der Waals surface area (Å²) >= 11 is 11.1. The number of rotatable bonds is 0. The zero-order valence-electron chi connectivity index (χ0n) is 6.33. The van der Waals surface area contributed by atoms with E-state index in [1.807, 2.05) is 20.8 Å². The van der Waals surface area contributed by atoms with E-state index in [1.165, 1.54) is 0 Å². The fourth-order valence-corrected chi connectivity index (χ4v) is 0.937. The SMILES string of the molecule is CC.Cc1cc(Cl)c(Cl)[nH]1. The van der Waals surface area contributed by atoms with Crippen molar-refractivity contribution in [1.29, 1.82) is 0 Å². The first-order valence-electron chi connectivity index (χ1n) is 3.21. The van der Waals surface area contributed by atoms with E-state index < -0.39 is 0 Å². The number of H-pyrrole nitrogens is 1. The van der Waals surface area contributed by atoms with Gasteiger partial charge >= 0.3 is 0 Å². The molecule has 0 amide bonds. The molecule has 1 aromatic heterocycles. The molecule has 0 aliphatic carbocycles. The molecule has 1 heterocycles. The van der Waals surface area contributed by atoms with Crippen LogP contribution in [0.4, 0.5) is 0 Å². The normalized spacial score (nSPS) is 8.50. The third-order valence-electron chi connectivity index (χ3n) is 0.860. The third kappa shape index (κ3) is 2.63. The Labute approximate surface area is 71.3 Å². The lowest BCUT2D eigenvalue weighted by atomic mass is 10.5. The number of hydrogen-bond acceptors (Lipinski definition) is 0. The van der Waals surface area contributed by atoms with Gasteiger partial charge in [0.2, 0.25) is 0 Å². The second-order valence-corrected chi connectivity index (χ2v) is 2.40. The molecule has 0 unspecified atom stereocenters. The van der Waals surface area contributed by atoms with E-state index in [0.717, 1.165) is 5.69 Å². The van der Waals surface area contributed by atoms with Crippen LogP contribution in [0, 0.1) is 6.92 Å². The zero-order valence-corrected chi connectivity index (χ0v) is 7.85. The molecule has 1 N–H and O–H groups in total. The van der Waals surface area contributed by atoms with Crippen molar-refractivity contribution in [3.63, 3.8) is 0 Å². The van der Waals surface area contributed by atoms with E-state index in [2.05, 4.69) is 4.98 Å². The number of hydrogen-bond donors (Lipinski definition) is 1. The van der Waals surface area contributed by atoms with Crippen molar-refractivity contribution in [2.75, 3.05) is 0 Å². The molecular formula is C7H11Cl2N. The van der Waals surface area contributed by atoms with Gasteiger partial charge in [-0.15, -0.1) is 0 Å². The summed E-state index contributed by atoms with van der Waals surface area (Å²) in [5.74, 6) is 0. The van der Waals surface area contributed by atoms with Crippen LogP contribution >= 0.6 is 23.2 Å². The number of aryl methyl sites for hydroxylation is 1. The summed E-state index contributed by atoms with van der Waals surface area (Å²) in [6.45, 7) is 5.90. The van der Waals surface area contributed by atoms with Gasteiger partial charge in [0.15, 0.2) is 0 Å². The summed E-state index contributed by atoms with van der Waals surface area (Å²) in [5, 5.41) is 1.10. The maximum Gasteiger partial charge on any atom is 0.125 e. The van der Waals surface area contributed by atoms with Crippen LogP contribution in [-0.2, 0) is 0 Å². The van der Waals surface area contributed by atoms with Crippen LogP contribution in [0.5, 0.6) is 0 Å². The topological polar surface area (TPSA) is 15.8 Å². The lowest BCUT2D eigenvalue weighted by Gasteiger charge is -1.77. The second-order valence-electron chi connectivity index (χ2n) is 1.61. The summed E-state index contributed by atoms with van der Waals surface area (Å²) in [4.78, 5) is 2.84. The average Bonchev–Trinajstić information content (AvgIpc) is 2.16. The Bertz CT molecular complexity index is 174. The van der Waals surface area contributed by atoms with Crippen molar-refractivity contribution in [1.82, 2.24) is 4.98 Å². The molecule has 1 rings (SSSR count). The summed E-state index contributed by atoms with van der Waals surface area (Å²) in [7, 11) is 0. The predicted octanol–water partition coefficient (Wildman–Crippen LogP) is 3.66. The van der Waals surface area contributed by atoms with Gasteiger partial charge in [0.05, 0.1) is 5.02 Å². The number of aromatic amines is 1. The van der Waals surface area contributed by atoms with Crippen LogP contribution in [0.1, 0.15) is 19.5 Å². The first-order valence-corrected chi connectivity index (χ1v) is 3.96. The van der Waals surface area contributed by atoms with Gasteiger partial charge in [-0.05, 0) is 13.0 Å². The van der Waals surface area contributed by atoms with Crippen molar-refractivity contribution in [2.45, 2.75) is 20.8 Å². The summed E-state index contributed by atoms with van der Waals surface area (Å²) in [6, 6.07) is 1.78. The van der Waals surface area contributed by atoms with Crippen LogP contribution in [0.15, 0.2) is 6.07 Å². The molecule has 0 aliphatic rings. The molecular weight excluding hydrogens is 169 g/mol. The summed E-state index contributed by atoms with van der Waals surface area (Å²) in [5.41, 5.74) is 0.986. The van der Waals surface area contributed by atoms with Crippen LogP contribution in [0.25, 0.3) is 0 Å². The Morgan fingerprint density at radius 1 is 1.30 bits per heavy atom. The van der Waals surface area contributed by atoms with Crippen LogP contribution in [0.2, 0.25) is 10.2 Å². The lowest BCUT2D eigenvalue weighted by Crippen LogP contribution is -1.63. The highest BCUT2D eigenvalue weighted by molar-refractivity contribution is 6.41. The van der Waals surface area contributed by atoms with Crippen molar-refractivity contribution in [2.24, 2.45) is 0 Å². The van der Waals surface area contributed by atoms with Gasteiger partial charge in [-0.3, -0.25) is 0 Å². The molecule has 0 aromatic carbocycles. The van der Waals surface area contributed by atoms with Crippen molar-refractivity contribution in [3.05, 3.63) is 21.9 Å². The first kappa shape index (κ1) is 9.86. The van der Waals surface area contributed by atoms with E-state index in [4.69, 9.17) is 23.2 Å². The lowest BCUT2D eigenvalue weighted by molar-refractivity contribution is 1.27. The largest absolute Gasteiger partial charge is 0.349 e. The highest BCUT2D eigenvalue weighted by Crippen LogP contribution is 2.20. The maximum atomic E-state index is 5.57. The highest BCUT2D eigenvalue weighted by atomic mass is 35.5. The smallest absolute Gasteiger partial charge is 0.125 e. The minimum absolute atomic E-state index is 0.518. The number of halogens is 2. The van der Waals surface area contributed by atoms with E-state index in [1.54, 1.807) is 6.07 Å². The Balaban J connectivity index is 0.000000371. The monoisotopic (exact) mass is 179 g/mol. The van der Waals surface area contributed by atoms with Gasteiger partial charge in [-0.2, -0.15) is 0 Å². The van der Waals surface area contributed by atoms with Crippen LogP contribution in [-0.4, -0.2) is 4.98 Å². The molecule has 1 aromatic rings. The molecule has 1 nitrogen and oxygen atoms in total. The first-order chi connectivity index (χ1) is 4.70. The molecule has 0 aliphatic heterocycles. The minimum Gasteiger partial charge on any atom is -0.349 e. The van der Waals surface area contributed by atoms with Gasteiger partial charge in [-0.25, -0.2) is 0 Å². The molecule has 58 valence electrons. The Kier molecular flexibility index (Phi) is 4.58. The van der Waals surface area contributed by atoms with Gasteiger partial charge in [0.25, 0.3) is 0 Å². The van der Waals surface area contributed by atoms with Crippen LogP contribution < -0.4 is 0 Å². The Morgan fingerprint density at radius 2 is 1.80 bits per heavy atom. The molecule has 10 heavy (non-hydrogen) atoms. The number of nitrogens with one attached hydrogen (secondary N) is 1. The molecule has 0 spiro atoms. The van der Waals surface area contributed by atoms with Crippen molar-refractivity contribution >= 4 is 23.2 Å². The highest BCUT2D eigenvalue weighted by Gasteiger charge is 1.97. The summed E-state index contributed by atoms with van der Waals surface area (Å²) < 4.78 is 0. The zero-order chi connectivity index (χ0) is 8.15. The Hall–Kier alpha value is -0.140. The Morgan fingerprint density at radius 3 is 1.90 bits per heavy atom. The molecule has 0 atom stereocenters. The van der Waals surface area contributed by atoms with Crippen molar-refractivity contribution in [3.8, 4) is 0 Å². The number of aromatic nitrogens is 1. The van der Waals surface area contributed by atoms with Gasteiger partial charge in [0.1, 0.15) is 5.15 Å². The second kappa shape index (κ2) is 4.64. The molecule has 0 fully saturated rings. The molecule has 0 bridgehead atoms. The van der Waals surface area contributed by atoms with E-state index in [9.17, 15) is 0 Å². The molecule has 0 saturated heterocycles. The quantitative estimate of drug-likeness (QED) is 0.627. The van der Waals surface area contributed by atoms with Crippen LogP contribution in [0.3, 0.4) is 0 Å². The van der Waals surface area contributed by atoms with Crippen molar-refractivity contribution < 1.29 is 0 Å². The van der Waals surface area contributed by atoms with Gasteiger partial charge in [-0.1, -0.05) is 37.0 Å². The standard InChI is InChI=1S/C5H5Cl2N.C2H6/c1-3-2-4(6)5(7)8-3;1-2/h2,8H,1H3;1-2H3. The average molecular weight is 180 g/mol. The van der Waals surface area contributed by atoms with E-state index in [0.29, 0.717) is 10.2 Å². The minimum atomic E-state index is 0.518. The van der Waals surface area contributed by atoms with Gasteiger partial charge < -0.3 is 4.98 Å². The van der Waals surface area contributed by atoms with E-state index >= 15 is 0 Å². The molecule has 0 radical (unpaired) electrons. The fraction of sp³-hybridized carbons (Fsp3) is 0.429. The molecule has 3 heteroatoms. The molecule has 0 saturated carbocycles. The predicted molar refractivity (Wildman–Crippen MR) is 46.9 cm³/mol. The van der Waals surface area contributed by atoms with E-state index in [-0.39, 0.29) is 0 Å². The maximum absolute atomic E-state index is 5.57. The third-order valence-corrected chi connectivity index (χ3v) is 1.55. The van der Waals surface area contributed by atoms with Gasteiger partial charge in [0, 0.05) is 5.69 Å².